The van der Waals surface area contributed by atoms with Gasteiger partial charge in [-0.3, -0.25) is 0 Å². The number of carbonyl (C=O) groups excluding carboxylic acids is 1. The standard InChI is InChI=1S/C13H16ClFN2O2/c14-10-6-9(2-3-11(10)15)7-16-12(18)17-8-13(19)4-1-5-13/h2-3,6,19H,1,4-5,7-8H2,(H2,16,17,18). The molecule has 0 saturated heterocycles. The first-order valence-electron chi connectivity index (χ1n) is 6.17. The second-order valence-electron chi connectivity index (χ2n) is 4.86. The van der Waals surface area contributed by atoms with Gasteiger partial charge in [-0.25, -0.2) is 9.18 Å². The topological polar surface area (TPSA) is 61.4 Å². The van der Waals surface area contributed by atoms with Crippen LogP contribution in [0.3, 0.4) is 0 Å². The third kappa shape index (κ3) is 3.81. The molecule has 0 aromatic heterocycles. The van der Waals surface area contributed by atoms with Gasteiger partial charge in [0, 0.05) is 13.1 Å². The molecule has 2 amide bonds. The Morgan fingerprint density at radius 3 is 2.74 bits per heavy atom. The predicted molar refractivity (Wildman–Crippen MR) is 70.4 cm³/mol. The lowest BCUT2D eigenvalue weighted by Gasteiger charge is -2.36. The Labute approximate surface area is 116 Å². The summed E-state index contributed by atoms with van der Waals surface area (Å²) in [5.41, 5.74) is -0.0276. The fraction of sp³-hybridized carbons (Fsp3) is 0.462. The average molecular weight is 287 g/mol. The summed E-state index contributed by atoms with van der Waals surface area (Å²) in [5.74, 6) is -0.484. The van der Waals surface area contributed by atoms with Crippen molar-refractivity contribution in [2.24, 2.45) is 0 Å². The zero-order valence-corrected chi connectivity index (χ0v) is 11.1. The average Bonchev–Trinajstić information content (AvgIpc) is 2.35. The van der Waals surface area contributed by atoms with Crippen LogP contribution in [-0.2, 0) is 6.54 Å². The monoisotopic (exact) mass is 286 g/mol. The van der Waals surface area contributed by atoms with E-state index in [1.165, 1.54) is 12.1 Å². The number of rotatable bonds is 4. The molecular formula is C13H16ClFN2O2. The molecule has 1 aliphatic carbocycles. The van der Waals surface area contributed by atoms with Crippen LogP contribution in [0.25, 0.3) is 0 Å². The molecule has 3 N–H and O–H groups in total. The number of carbonyl (C=O) groups is 1. The van der Waals surface area contributed by atoms with E-state index in [4.69, 9.17) is 11.6 Å². The quantitative estimate of drug-likeness (QED) is 0.794. The number of nitrogens with one attached hydrogen (secondary N) is 2. The molecule has 0 atom stereocenters. The summed E-state index contributed by atoms with van der Waals surface area (Å²) < 4.78 is 12.9. The van der Waals surface area contributed by atoms with E-state index in [1.54, 1.807) is 6.07 Å². The molecule has 2 rings (SSSR count). The third-order valence-corrected chi connectivity index (χ3v) is 3.59. The van der Waals surface area contributed by atoms with E-state index in [-0.39, 0.29) is 24.1 Å². The van der Waals surface area contributed by atoms with E-state index in [1.807, 2.05) is 0 Å². The summed E-state index contributed by atoms with van der Waals surface area (Å²) in [6, 6.07) is 3.92. The zero-order chi connectivity index (χ0) is 13.9. The molecule has 1 fully saturated rings. The second-order valence-corrected chi connectivity index (χ2v) is 5.27. The first-order chi connectivity index (χ1) is 8.98. The molecule has 4 nitrogen and oxygen atoms in total. The Morgan fingerprint density at radius 1 is 1.42 bits per heavy atom. The van der Waals surface area contributed by atoms with Gasteiger partial charge in [-0.1, -0.05) is 17.7 Å². The zero-order valence-electron chi connectivity index (χ0n) is 10.4. The van der Waals surface area contributed by atoms with Gasteiger partial charge in [0.2, 0.25) is 0 Å². The smallest absolute Gasteiger partial charge is 0.315 e. The van der Waals surface area contributed by atoms with E-state index in [0.29, 0.717) is 5.56 Å². The minimum Gasteiger partial charge on any atom is -0.388 e. The van der Waals surface area contributed by atoms with Crippen LogP contribution in [0.4, 0.5) is 9.18 Å². The first-order valence-corrected chi connectivity index (χ1v) is 6.54. The summed E-state index contributed by atoms with van der Waals surface area (Å²) in [6.07, 6.45) is 2.44. The van der Waals surface area contributed by atoms with Crippen LogP contribution in [0.1, 0.15) is 24.8 Å². The maximum absolute atomic E-state index is 12.9. The van der Waals surface area contributed by atoms with Crippen molar-refractivity contribution >= 4 is 17.6 Å². The van der Waals surface area contributed by atoms with Gasteiger partial charge in [-0.2, -0.15) is 0 Å². The van der Waals surface area contributed by atoms with Gasteiger partial charge in [0.1, 0.15) is 5.82 Å². The Kier molecular flexibility index (Phi) is 4.27. The molecule has 1 aliphatic rings. The SMILES string of the molecule is O=C(NCc1ccc(F)c(Cl)c1)NCC1(O)CCC1. The van der Waals surface area contributed by atoms with Gasteiger partial charge in [0.05, 0.1) is 10.6 Å². The van der Waals surface area contributed by atoms with Crippen molar-refractivity contribution in [2.45, 2.75) is 31.4 Å². The van der Waals surface area contributed by atoms with Crippen LogP contribution in [-0.4, -0.2) is 23.3 Å². The number of halogens is 2. The van der Waals surface area contributed by atoms with Crippen LogP contribution < -0.4 is 10.6 Å². The van der Waals surface area contributed by atoms with Crippen molar-refractivity contribution in [1.29, 1.82) is 0 Å². The normalized spacial score (nSPS) is 16.6. The Morgan fingerprint density at radius 2 is 2.16 bits per heavy atom. The fourth-order valence-corrected chi connectivity index (χ4v) is 2.10. The van der Waals surface area contributed by atoms with Gasteiger partial charge >= 0.3 is 6.03 Å². The molecule has 0 heterocycles. The highest BCUT2D eigenvalue weighted by atomic mass is 35.5. The summed E-state index contributed by atoms with van der Waals surface area (Å²) in [4.78, 5) is 11.5. The summed E-state index contributed by atoms with van der Waals surface area (Å²) in [6.45, 7) is 0.507. The van der Waals surface area contributed by atoms with Crippen LogP contribution in [0.2, 0.25) is 5.02 Å². The van der Waals surface area contributed by atoms with E-state index in [9.17, 15) is 14.3 Å². The van der Waals surface area contributed by atoms with Gasteiger partial charge < -0.3 is 15.7 Å². The Bertz CT molecular complexity index is 478. The van der Waals surface area contributed by atoms with E-state index in [0.717, 1.165) is 19.3 Å². The highest BCUT2D eigenvalue weighted by Crippen LogP contribution is 2.30. The second kappa shape index (κ2) is 5.75. The number of hydrogen-bond donors (Lipinski definition) is 3. The van der Waals surface area contributed by atoms with Gasteiger partial charge in [0.15, 0.2) is 0 Å². The molecular weight excluding hydrogens is 271 g/mol. The van der Waals surface area contributed by atoms with Crippen LogP contribution in [0.15, 0.2) is 18.2 Å². The summed E-state index contributed by atoms with van der Waals surface area (Å²) >= 11 is 5.64. The van der Waals surface area contributed by atoms with E-state index >= 15 is 0 Å². The Balaban J connectivity index is 1.75. The Hall–Kier alpha value is -1.33. The van der Waals surface area contributed by atoms with Crippen molar-refractivity contribution in [3.63, 3.8) is 0 Å². The molecule has 1 aromatic carbocycles. The lowest BCUT2D eigenvalue weighted by molar-refractivity contribution is -0.0290. The highest BCUT2D eigenvalue weighted by molar-refractivity contribution is 6.30. The molecule has 0 unspecified atom stereocenters. The fourth-order valence-electron chi connectivity index (χ4n) is 1.90. The highest BCUT2D eigenvalue weighted by Gasteiger charge is 2.34. The minimum absolute atomic E-state index is 0.0310. The van der Waals surface area contributed by atoms with Crippen LogP contribution in [0, 0.1) is 5.82 Å². The number of hydrogen-bond acceptors (Lipinski definition) is 2. The maximum atomic E-state index is 12.9. The summed E-state index contributed by atoms with van der Waals surface area (Å²) in [7, 11) is 0. The van der Waals surface area contributed by atoms with Gasteiger partial charge in [-0.05, 0) is 37.0 Å². The molecule has 1 aromatic rings. The first kappa shape index (κ1) is 14.1. The molecule has 0 spiro atoms. The number of urea groups is 1. The van der Waals surface area contributed by atoms with Crippen LogP contribution in [0.5, 0.6) is 0 Å². The van der Waals surface area contributed by atoms with Gasteiger partial charge in [-0.15, -0.1) is 0 Å². The number of benzene rings is 1. The van der Waals surface area contributed by atoms with E-state index < -0.39 is 11.4 Å². The molecule has 104 valence electrons. The number of amides is 2. The molecule has 0 bridgehead atoms. The summed E-state index contributed by atoms with van der Waals surface area (Å²) in [5, 5.41) is 15.1. The molecule has 0 aliphatic heterocycles. The predicted octanol–water partition coefficient (Wildman–Crippen LogP) is 2.19. The van der Waals surface area contributed by atoms with Crippen molar-refractivity contribution in [3.8, 4) is 0 Å². The van der Waals surface area contributed by atoms with Crippen molar-refractivity contribution in [3.05, 3.63) is 34.6 Å². The third-order valence-electron chi connectivity index (χ3n) is 3.30. The van der Waals surface area contributed by atoms with Crippen molar-refractivity contribution in [2.75, 3.05) is 6.54 Å². The minimum atomic E-state index is -0.740. The molecule has 19 heavy (non-hydrogen) atoms. The lowest BCUT2D eigenvalue weighted by Crippen LogP contribution is -2.49. The van der Waals surface area contributed by atoms with Gasteiger partial charge in [0.25, 0.3) is 0 Å². The van der Waals surface area contributed by atoms with Crippen LogP contribution >= 0.6 is 11.6 Å². The number of aliphatic hydroxyl groups is 1. The van der Waals surface area contributed by atoms with E-state index in [2.05, 4.69) is 10.6 Å². The van der Waals surface area contributed by atoms with Crippen molar-refractivity contribution in [1.82, 2.24) is 10.6 Å². The molecule has 6 heteroatoms. The largest absolute Gasteiger partial charge is 0.388 e. The maximum Gasteiger partial charge on any atom is 0.315 e. The van der Waals surface area contributed by atoms with Crippen molar-refractivity contribution < 1.29 is 14.3 Å². The molecule has 0 radical (unpaired) electrons. The lowest BCUT2D eigenvalue weighted by atomic mass is 9.80. The molecule has 1 saturated carbocycles.